The number of nitrogens with zero attached hydrogens (tertiary/aromatic N) is 4. The van der Waals surface area contributed by atoms with Crippen molar-refractivity contribution in [1.82, 2.24) is 14.1 Å². The number of rotatable bonds is 1. The van der Waals surface area contributed by atoms with Gasteiger partial charge < -0.3 is 19.3 Å². The number of para-hydroxylation sites is 1. The van der Waals surface area contributed by atoms with E-state index in [4.69, 9.17) is 4.74 Å². The van der Waals surface area contributed by atoms with Crippen molar-refractivity contribution in [2.75, 3.05) is 24.8 Å². The molecule has 0 spiro atoms. The number of hydrogen-bond donors (Lipinski definition) is 1. The van der Waals surface area contributed by atoms with E-state index in [2.05, 4.69) is 52.2 Å². The van der Waals surface area contributed by atoms with Crippen LogP contribution < -0.4 is 10.4 Å². The van der Waals surface area contributed by atoms with Gasteiger partial charge in [-0.05, 0) is 22.6 Å². The Kier molecular flexibility index (Phi) is 3.99. The number of aromatic hydroxyl groups is 1. The van der Waals surface area contributed by atoms with Gasteiger partial charge in [0, 0.05) is 37.1 Å². The Morgan fingerprint density at radius 3 is 2.71 bits per heavy atom. The summed E-state index contributed by atoms with van der Waals surface area (Å²) in [6, 6.07) is 17.8. The van der Waals surface area contributed by atoms with Crippen molar-refractivity contribution in [2.45, 2.75) is 18.8 Å². The quantitative estimate of drug-likeness (QED) is 0.478. The molecular weight excluding hydrogens is 432 g/mol. The Balaban J connectivity index is 1.57. The monoisotopic (exact) mass is 454 g/mol. The molecular formula is C26H22N4O4. The van der Waals surface area contributed by atoms with Gasteiger partial charge in [-0.25, -0.2) is 0 Å². The molecule has 2 unspecified atom stereocenters. The summed E-state index contributed by atoms with van der Waals surface area (Å²) in [5, 5.41) is 13.9. The van der Waals surface area contributed by atoms with E-state index in [-0.39, 0.29) is 17.6 Å². The first-order chi connectivity index (χ1) is 16.6. The lowest BCUT2D eigenvalue weighted by Crippen LogP contribution is -2.66. The number of fused-ring (bicyclic) bond motifs is 3. The molecule has 0 bridgehead atoms. The predicted molar refractivity (Wildman–Crippen MR) is 126 cm³/mol. The molecule has 7 rings (SSSR count). The average molecular weight is 454 g/mol. The minimum atomic E-state index is -0.566. The maximum Gasteiger partial charge on any atom is 0.278 e. The molecule has 1 amide bonds. The van der Waals surface area contributed by atoms with Crippen LogP contribution in [0.25, 0.3) is 10.9 Å². The molecule has 1 saturated heterocycles. The Morgan fingerprint density at radius 1 is 0.941 bits per heavy atom. The number of carbonyl (C=O) groups excluding carboxylic acids is 1. The topological polar surface area (TPSA) is 79.9 Å². The van der Waals surface area contributed by atoms with Crippen LogP contribution in [0.2, 0.25) is 0 Å². The maximum atomic E-state index is 13.4. The first-order valence-electron chi connectivity index (χ1n) is 11.4. The van der Waals surface area contributed by atoms with Crippen molar-refractivity contribution in [3.05, 3.63) is 99.6 Å². The van der Waals surface area contributed by atoms with Gasteiger partial charge in [-0.2, -0.15) is 0 Å². The molecule has 170 valence electrons. The number of morpholine rings is 1. The first kappa shape index (κ1) is 19.4. The predicted octanol–water partition coefficient (Wildman–Crippen LogP) is 2.41. The summed E-state index contributed by atoms with van der Waals surface area (Å²) in [4.78, 5) is 27.5. The molecule has 5 heterocycles. The third kappa shape index (κ3) is 2.51. The molecule has 2 aromatic heterocycles. The number of ether oxygens (including phenoxy) is 1. The number of benzene rings is 2. The van der Waals surface area contributed by atoms with Crippen LogP contribution in [0.5, 0.6) is 5.75 Å². The van der Waals surface area contributed by atoms with Crippen LogP contribution in [0.4, 0.5) is 0 Å². The lowest BCUT2D eigenvalue weighted by Gasteiger charge is -2.51. The third-order valence-electron chi connectivity index (χ3n) is 7.24. The Labute approximate surface area is 194 Å². The number of hydrogen-bond acceptors (Lipinski definition) is 5. The van der Waals surface area contributed by atoms with E-state index < -0.39 is 17.3 Å². The normalized spacial score (nSPS) is 21.1. The van der Waals surface area contributed by atoms with Gasteiger partial charge in [-0.15, -0.1) is 0 Å². The molecule has 3 aliphatic rings. The fourth-order valence-corrected chi connectivity index (χ4v) is 5.76. The summed E-state index contributed by atoms with van der Waals surface area (Å²) < 4.78 is 9.77. The number of aromatic nitrogens is 2. The molecule has 1 N–H and O–H groups in total. The molecule has 2 aromatic carbocycles. The van der Waals surface area contributed by atoms with Crippen LogP contribution in [-0.4, -0.2) is 51.1 Å². The smallest absolute Gasteiger partial charge is 0.278 e. The highest BCUT2D eigenvalue weighted by molar-refractivity contribution is 5.96. The van der Waals surface area contributed by atoms with Gasteiger partial charge in [0.05, 0.1) is 18.7 Å². The van der Waals surface area contributed by atoms with E-state index in [0.717, 1.165) is 28.6 Å². The molecule has 8 nitrogen and oxygen atoms in total. The lowest BCUT2D eigenvalue weighted by molar-refractivity contribution is -0.0196. The van der Waals surface area contributed by atoms with Gasteiger partial charge in [0.15, 0.2) is 11.4 Å². The van der Waals surface area contributed by atoms with Crippen molar-refractivity contribution < 1.29 is 14.6 Å². The molecule has 1 fully saturated rings. The molecule has 4 aromatic rings. The second kappa shape index (κ2) is 6.98. The number of pyridine rings is 1. The molecule has 0 aliphatic carbocycles. The first-order valence-corrected chi connectivity index (χ1v) is 11.4. The summed E-state index contributed by atoms with van der Waals surface area (Å²) in [7, 11) is 0. The Hall–Kier alpha value is -4.04. The summed E-state index contributed by atoms with van der Waals surface area (Å²) in [5.41, 5.74) is 3.95. The van der Waals surface area contributed by atoms with Crippen molar-refractivity contribution in [2.24, 2.45) is 0 Å². The zero-order valence-electron chi connectivity index (χ0n) is 18.3. The second-order valence-electron chi connectivity index (χ2n) is 8.99. The maximum absolute atomic E-state index is 13.4. The number of amides is 1. The van der Waals surface area contributed by atoms with Gasteiger partial charge in [0.1, 0.15) is 12.2 Å². The zero-order chi connectivity index (χ0) is 23.0. The van der Waals surface area contributed by atoms with Gasteiger partial charge in [-0.1, -0.05) is 42.5 Å². The highest BCUT2D eigenvalue weighted by Gasteiger charge is 2.45. The highest BCUT2D eigenvalue weighted by Crippen LogP contribution is 2.41. The SMILES string of the molecule is O=C1c2c(O)c(=O)ccn2N(C2c3ccccc3Cn3ccc4cccc2c43)C2COCCN12. The van der Waals surface area contributed by atoms with Gasteiger partial charge >= 0.3 is 0 Å². The standard InChI is InChI=1S/C26H22N4O4/c31-20-9-11-29-24(25(20)32)26(33)28-12-13-34-15-21(28)30(29)23-18-6-2-1-4-17(18)14-27-10-8-16-5-3-7-19(23)22(16)27/h1-11,21,23,32H,12-15H2. The molecule has 0 saturated carbocycles. The van der Waals surface area contributed by atoms with E-state index in [1.807, 2.05) is 12.1 Å². The van der Waals surface area contributed by atoms with E-state index >= 15 is 0 Å². The van der Waals surface area contributed by atoms with Crippen molar-refractivity contribution in [1.29, 1.82) is 0 Å². The molecule has 0 radical (unpaired) electrons. The molecule has 34 heavy (non-hydrogen) atoms. The Bertz CT molecular complexity index is 1540. The van der Waals surface area contributed by atoms with Crippen molar-refractivity contribution in [3.63, 3.8) is 0 Å². The molecule has 2 atom stereocenters. The van der Waals surface area contributed by atoms with E-state index in [1.165, 1.54) is 11.6 Å². The Morgan fingerprint density at radius 2 is 1.79 bits per heavy atom. The van der Waals surface area contributed by atoms with E-state index in [1.54, 1.807) is 15.8 Å². The molecule has 3 aliphatic heterocycles. The summed E-state index contributed by atoms with van der Waals surface area (Å²) in [6.45, 7) is 1.85. The van der Waals surface area contributed by atoms with Gasteiger partial charge in [0.2, 0.25) is 5.43 Å². The fourth-order valence-electron chi connectivity index (χ4n) is 5.76. The summed E-state index contributed by atoms with van der Waals surface area (Å²) in [5.74, 6) is -0.880. The van der Waals surface area contributed by atoms with E-state index in [0.29, 0.717) is 19.8 Å². The van der Waals surface area contributed by atoms with Crippen LogP contribution in [0.15, 0.2) is 71.8 Å². The number of carbonyl (C=O) groups is 1. The zero-order valence-corrected chi connectivity index (χ0v) is 18.3. The lowest BCUT2D eigenvalue weighted by atomic mass is 9.93. The molecule has 8 heteroatoms. The van der Waals surface area contributed by atoms with Gasteiger partial charge in [0.25, 0.3) is 5.91 Å². The highest BCUT2D eigenvalue weighted by atomic mass is 16.5. The van der Waals surface area contributed by atoms with E-state index in [9.17, 15) is 14.7 Å². The summed E-state index contributed by atoms with van der Waals surface area (Å²) in [6.07, 6.45) is 3.30. The largest absolute Gasteiger partial charge is 0.502 e. The van der Waals surface area contributed by atoms with Crippen LogP contribution in [0, 0.1) is 0 Å². The van der Waals surface area contributed by atoms with Crippen LogP contribution >= 0.6 is 0 Å². The fraction of sp³-hybridized carbons (Fsp3) is 0.231. The van der Waals surface area contributed by atoms with Gasteiger partial charge in [-0.3, -0.25) is 19.3 Å². The third-order valence-corrected chi connectivity index (χ3v) is 7.24. The van der Waals surface area contributed by atoms with Crippen LogP contribution in [-0.2, 0) is 11.3 Å². The van der Waals surface area contributed by atoms with Crippen LogP contribution in [0.3, 0.4) is 0 Å². The minimum Gasteiger partial charge on any atom is -0.502 e. The second-order valence-corrected chi connectivity index (χ2v) is 8.99. The van der Waals surface area contributed by atoms with Crippen molar-refractivity contribution >= 4 is 16.8 Å². The minimum absolute atomic E-state index is 0.00469. The van der Waals surface area contributed by atoms with Crippen molar-refractivity contribution in [3.8, 4) is 5.75 Å². The van der Waals surface area contributed by atoms with Crippen LogP contribution in [0.1, 0.15) is 33.2 Å². The summed E-state index contributed by atoms with van der Waals surface area (Å²) >= 11 is 0. The average Bonchev–Trinajstić information content (AvgIpc) is 3.21.